The summed E-state index contributed by atoms with van der Waals surface area (Å²) >= 11 is 0. The highest BCUT2D eigenvalue weighted by atomic mass is 19.1. The van der Waals surface area contributed by atoms with Crippen molar-refractivity contribution in [1.29, 1.82) is 0 Å². The highest BCUT2D eigenvalue weighted by molar-refractivity contribution is 5.63. The monoisotopic (exact) mass is 241 g/mol. The van der Waals surface area contributed by atoms with Crippen molar-refractivity contribution in [3.63, 3.8) is 0 Å². The summed E-state index contributed by atoms with van der Waals surface area (Å²) in [4.78, 5) is 0. The Morgan fingerprint density at radius 1 is 0.944 bits per heavy atom. The van der Waals surface area contributed by atoms with Crippen LogP contribution in [0.2, 0.25) is 0 Å². The van der Waals surface area contributed by atoms with Gasteiger partial charge in [-0.25, -0.2) is 4.39 Å². The molecule has 18 heavy (non-hydrogen) atoms. The van der Waals surface area contributed by atoms with E-state index in [4.69, 9.17) is 5.73 Å². The molecule has 0 radical (unpaired) electrons. The molecule has 0 unspecified atom stereocenters. The molecule has 0 heterocycles. The lowest BCUT2D eigenvalue weighted by Gasteiger charge is -2.04. The number of benzene rings is 2. The van der Waals surface area contributed by atoms with E-state index >= 15 is 0 Å². The molecule has 2 atom stereocenters. The molecule has 1 aliphatic carbocycles. The van der Waals surface area contributed by atoms with Crippen molar-refractivity contribution in [1.82, 2.24) is 0 Å². The summed E-state index contributed by atoms with van der Waals surface area (Å²) in [5.74, 6) is 1.12. The van der Waals surface area contributed by atoms with Crippen molar-refractivity contribution in [2.45, 2.75) is 12.3 Å². The third kappa shape index (κ3) is 2.16. The van der Waals surface area contributed by atoms with Crippen molar-refractivity contribution in [3.05, 3.63) is 59.9 Å². The molecule has 1 fully saturated rings. The first kappa shape index (κ1) is 11.4. The maximum absolute atomic E-state index is 12.9. The van der Waals surface area contributed by atoms with E-state index in [0.717, 1.165) is 17.7 Å². The minimum absolute atomic E-state index is 0.195. The average molecular weight is 241 g/mol. The Balaban J connectivity index is 1.81. The van der Waals surface area contributed by atoms with Crippen LogP contribution in [-0.4, -0.2) is 6.54 Å². The van der Waals surface area contributed by atoms with E-state index in [1.807, 2.05) is 12.1 Å². The molecule has 0 bridgehead atoms. The molecule has 1 saturated carbocycles. The lowest BCUT2D eigenvalue weighted by atomic mass is 10.0. The Kier molecular flexibility index (Phi) is 2.88. The van der Waals surface area contributed by atoms with Gasteiger partial charge >= 0.3 is 0 Å². The SMILES string of the molecule is NC[C@H]1C[C@@H]1c1ccc(-c2ccc(F)cc2)cc1. The van der Waals surface area contributed by atoms with Crippen molar-refractivity contribution >= 4 is 0 Å². The zero-order valence-electron chi connectivity index (χ0n) is 10.1. The van der Waals surface area contributed by atoms with Gasteiger partial charge in [0.1, 0.15) is 5.82 Å². The maximum atomic E-state index is 12.9. The largest absolute Gasteiger partial charge is 0.330 e. The van der Waals surface area contributed by atoms with Gasteiger partial charge in [0, 0.05) is 0 Å². The fourth-order valence-electron chi connectivity index (χ4n) is 2.48. The highest BCUT2D eigenvalue weighted by Crippen LogP contribution is 2.46. The van der Waals surface area contributed by atoms with Crippen molar-refractivity contribution < 1.29 is 4.39 Å². The highest BCUT2D eigenvalue weighted by Gasteiger charge is 2.36. The first-order chi connectivity index (χ1) is 8.78. The third-order valence-electron chi connectivity index (χ3n) is 3.74. The predicted molar refractivity (Wildman–Crippen MR) is 71.7 cm³/mol. The summed E-state index contributed by atoms with van der Waals surface area (Å²) in [5, 5.41) is 0. The van der Waals surface area contributed by atoms with Crippen molar-refractivity contribution in [2.75, 3.05) is 6.54 Å². The lowest BCUT2D eigenvalue weighted by Crippen LogP contribution is -2.01. The van der Waals surface area contributed by atoms with Crippen LogP contribution in [0.4, 0.5) is 4.39 Å². The van der Waals surface area contributed by atoms with Gasteiger partial charge in [0.05, 0.1) is 0 Å². The van der Waals surface area contributed by atoms with E-state index < -0.39 is 0 Å². The van der Waals surface area contributed by atoms with Gasteiger partial charge in [-0.15, -0.1) is 0 Å². The molecule has 2 N–H and O–H groups in total. The van der Waals surface area contributed by atoms with Gasteiger partial charge in [0.2, 0.25) is 0 Å². The van der Waals surface area contributed by atoms with Crippen LogP contribution >= 0.6 is 0 Å². The molecule has 0 saturated heterocycles. The zero-order valence-corrected chi connectivity index (χ0v) is 10.1. The average Bonchev–Trinajstić information content (AvgIpc) is 3.19. The Morgan fingerprint density at radius 3 is 2.00 bits per heavy atom. The van der Waals surface area contributed by atoms with Gasteiger partial charge in [-0.3, -0.25) is 0 Å². The van der Waals surface area contributed by atoms with E-state index in [9.17, 15) is 4.39 Å². The lowest BCUT2D eigenvalue weighted by molar-refractivity contribution is 0.628. The van der Waals surface area contributed by atoms with Crippen LogP contribution in [0.1, 0.15) is 17.9 Å². The minimum atomic E-state index is -0.195. The van der Waals surface area contributed by atoms with Crippen LogP contribution in [0.15, 0.2) is 48.5 Å². The van der Waals surface area contributed by atoms with E-state index in [1.54, 1.807) is 0 Å². The minimum Gasteiger partial charge on any atom is -0.330 e. The summed E-state index contributed by atoms with van der Waals surface area (Å²) in [5.41, 5.74) is 9.21. The molecule has 3 rings (SSSR count). The van der Waals surface area contributed by atoms with Gasteiger partial charge in [0.25, 0.3) is 0 Å². The molecule has 0 amide bonds. The zero-order chi connectivity index (χ0) is 12.5. The van der Waals surface area contributed by atoms with Gasteiger partial charge in [-0.05, 0) is 53.6 Å². The van der Waals surface area contributed by atoms with Gasteiger partial charge < -0.3 is 5.73 Å². The number of hydrogen-bond acceptors (Lipinski definition) is 1. The smallest absolute Gasteiger partial charge is 0.123 e. The molecular weight excluding hydrogens is 225 g/mol. The molecule has 92 valence electrons. The Morgan fingerprint density at radius 2 is 1.50 bits per heavy atom. The van der Waals surface area contributed by atoms with E-state index in [-0.39, 0.29) is 5.82 Å². The van der Waals surface area contributed by atoms with Gasteiger partial charge in [-0.2, -0.15) is 0 Å². The Labute approximate surface area is 106 Å². The summed E-state index contributed by atoms with van der Waals surface area (Å²) in [7, 11) is 0. The topological polar surface area (TPSA) is 26.0 Å². The first-order valence-electron chi connectivity index (χ1n) is 6.34. The third-order valence-corrected chi connectivity index (χ3v) is 3.74. The molecule has 1 nitrogen and oxygen atoms in total. The Hall–Kier alpha value is -1.67. The second-order valence-corrected chi connectivity index (χ2v) is 4.97. The standard InChI is InChI=1S/C16H16FN/c17-15-7-5-12(6-8-15)11-1-3-13(4-2-11)16-9-14(16)10-18/h1-8,14,16H,9-10,18H2/t14-,16-/m1/s1. The van der Waals surface area contributed by atoms with Crippen LogP contribution in [0, 0.1) is 11.7 Å². The summed E-state index contributed by atoms with van der Waals surface area (Å²) < 4.78 is 12.9. The second-order valence-electron chi connectivity index (χ2n) is 4.97. The number of nitrogens with two attached hydrogens (primary N) is 1. The van der Waals surface area contributed by atoms with Gasteiger partial charge in [-0.1, -0.05) is 36.4 Å². The van der Waals surface area contributed by atoms with E-state index in [1.165, 1.54) is 24.1 Å². The quantitative estimate of drug-likeness (QED) is 0.873. The van der Waals surface area contributed by atoms with Crippen LogP contribution in [0.5, 0.6) is 0 Å². The van der Waals surface area contributed by atoms with E-state index in [0.29, 0.717) is 11.8 Å². The molecule has 0 aromatic heterocycles. The maximum Gasteiger partial charge on any atom is 0.123 e. The molecule has 2 aromatic rings. The number of rotatable bonds is 3. The second kappa shape index (κ2) is 4.54. The van der Waals surface area contributed by atoms with Crippen molar-refractivity contribution in [2.24, 2.45) is 11.7 Å². The predicted octanol–water partition coefficient (Wildman–Crippen LogP) is 3.55. The first-order valence-corrected chi connectivity index (χ1v) is 6.34. The van der Waals surface area contributed by atoms with Crippen LogP contribution < -0.4 is 5.73 Å². The molecule has 0 spiro atoms. The van der Waals surface area contributed by atoms with Crippen LogP contribution in [0.25, 0.3) is 11.1 Å². The number of hydrogen-bond donors (Lipinski definition) is 1. The van der Waals surface area contributed by atoms with Crippen LogP contribution in [0.3, 0.4) is 0 Å². The molecular formula is C16H16FN. The molecule has 2 heteroatoms. The van der Waals surface area contributed by atoms with Crippen molar-refractivity contribution in [3.8, 4) is 11.1 Å². The molecule has 2 aromatic carbocycles. The van der Waals surface area contributed by atoms with Crippen LogP contribution in [-0.2, 0) is 0 Å². The molecule has 0 aliphatic heterocycles. The van der Waals surface area contributed by atoms with E-state index in [2.05, 4.69) is 24.3 Å². The normalized spacial score (nSPS) is 21.9. The van der Waals surface area contributed by atoms with Gasteiger partial charge in [0.15, 0.2) is 0 Å². The summed E-state index contributed by atoms with van der Waals surface area (Å²) in [6, 6.07) is 15.2. The fraction of sp³-hybridized carbons (Fsp3) is 0.250. The fourth-order valence-corrected chi connectivity index (χ4v) is 2.48. The number of halogens is 1. The summed E-state index contributed by atoms with van der Waals surface area (Å²) in [6.07, 6.45) is 1.21. The molecule has 1 aliphatic rings. The Bertz CT molecular complexity index is 530. The summed E-state index contributed by atoms with van der Waals surface area (Å²) in [6.45, 7) is 0.782.